The molecule has 0 unspecified atom stereocenters. The lowest BCUT2D eigenvalue weighted by Gasteiger charge is -2.23. The largest absolute Gasteiger partial charge is 0.395 e. The summed E-state index contributed by atoms with van der Waals surface area (Å²) in [6.07, 6.45) is 1.64. The zero-order valence-corrected chi connectivity index (χ0v) is 11.6. The standard InChI is InChI=1S/C15H14ClN3O/c16-14-5-1-3-12(9-14)11-19(7-8-20)15-13(10-17)4-2-6-18-15/h1-6,9,20H,7-8,11H2. The van der Waals surface area contributed by atoms with Crippen LogP contribution in [0.2, 0.25) is 5.02 Å². The summed E-state index contributed by atoms with van der Waals surface area (Å²) in [5.74, 6) is 0.573. The highest BCUT2D eigenvalue weighted by Gasteiger charge is 2.12. The molecular formula is C15H14ClN3O. The summed E-state index contributed by atoms with van der Waals surface area (Å²) in [6, 6.07) is 13.0. The van der Waals surface area contributed by atoms with E-state index in [4.69, 9.17) is 16.9 Å². The Balaban J connectivity index is 2.29. The number of nitriles is 1. The molecule has 102 valence electrons. The predicted octanol–water partition coefficient (Wildman–Crippen LogP) is 2.61. The molecule has 0 saturated carbocycles. The van der Waals surface area contributed by atoms with E-state index in [2.05, 4.69) is 11.1 Å². The van der Waals surface area contributed by atoms with Gasteiger partial charge in [-0.25, -0.2) is 4.98 Å². The lowest BCUT2D eigenvalue weighted by atomic mass is 10.2. The number of hydrogen-bond donors (Lipinski definition) is 1. The molecular weight excluding hydrogens is 274 g/mol. The van der Waals surface area contributed by atoms with Crippen LogP contribution in [-0.4, -0.2) is 23.2 Å². The fourth-order valence-corrected chi connectivity index (χ4v) is 2.19. The first-order chi connectivity index (χ1) is 9.74. The summed E-state index contributed by atoms with van der Waals surface area (Å²) in [5.41, 5.74) is 1.49. The van der Waals surface area contributed by atoms with Crippen LogP contribution in [0.4, 0.5) is 5.82 Å². The molecule has 0 aliphatic heterocycles. The topological polar surface area (TPSA) is 60.2 Å². The molecule has 0 amide bonds. The average Bonchev–Trinajstić information content (AvgIpc) is 2.47. The van der Waals surface area contributed by atoms with Crippen molar-refractivity contribution >= 4 is 17.4 Å². The fourth-order valence-electron chi connectivity index (χ4n) is 1.97. The number of halogens is 1. The number of aliphatic hydroxyl groups excluding tert-OH is 1. The first-order valence-corrected chi connectivity index (χ1v) is 6.57. The Kier molecular flexibility index (Phi) is 4.94. The third-order valence-corrected chi connectivity index (χ3v) is 3.07. The van der Waals surface area contributed by atoms with E-state index in [9.17, 15) is 5.11 Å². The first-order valence-electron chi connectivity index (χ1n) is 6.20. The van der Waals surface area contributed by atoms with E-state index in [0.717, 1.165) is 5.56 Å². The zero-order chi connectivity index (χ0) is 14.4. The Morgan fingerprint density at radius 2 is 2.15 bits per heavy atom. The molecule has 1 N–H and O–H groups in total. The number of nitrogens with zero attached hydrogens (tertiary/aromatic N) is 3. The van der Waals surface area contributed by atoms with Gasteiger partial charge in [-0.2, -0.15) is 5.26 Å². The van der Waals surface area contributed by atoms with E-state index in [1.54, 1.807) is 18.3 Å². The van der Waals surface area contributed by atoms with Crippen molar-refractivity contribution in [3.8, 4) is 6.07 Å². The van der Waals surface area contributed by atoms with Gasteiger partial charge in [0.15, 0.2) is 0 Å². The van der Waals surface area contributed by atoms with Gasteiger partial charge in [0.25, 0.3) is 0 Å². The van der Waals surface area contributed by atoms with Crippen molar-refractivity contribution in [2.45, 2.75) is 6.54 Å². The van der Waals surface area contributed by atoms with Crippen LogP contribution in [-0.2, 0) is 6.54 Å². The van der Waals surface area contributed by atoms with Crippen LogP contribution in [0.1, 0.15) is 11.1 Å². The molecule has 0 spiro atoms. The number of aliphatic hydroxyl groups is 1. The number of pyridine rings is 1. The van der Waals surface area contributed by atoms with Gasteiger partial charge in [0.05, 0.1) is 12.2 Å². The van der Waals surface area contributed by atoms with Crippen molar-refractivity contribution in [2.75, 3.05) is 18.1 Å². The van der Waals surface area contributed by atoms with Gasteiger partial charge in [-0.3, -0.25) is 0 Å². The lowest BCUT2D eigenvalue weighted by Crippen LogP contribution is -2.27. The van der Waals surface area contributed by atoms with Crippen LogP contribution in [0.25, 0.3) is 0 Å². The maximum atomic E-state index is 9.22. The highest BCUT2D eigenvalue weighted by molar-refractivity contribution is 6.30. The van der Waals surface area contributed by atoms with E-state index in [-0.39, 0.29) is 6.61 Å². The van der Waals surface area contributed by atoms with Crippen LogP contribution < -0.4 is 4.90 Å². The second-order valence-corrected chi connectivity index (χ2v) is 4.70. The van der Waals surface area contributed by atoms with Gasteiger partial charge in [0.1, 0.15) is 11.9 Å². The number of rotatable bonds is 5. The van der Waals surface area contributed by atoms with Gasteiger partial charge in [0.2, 0.25) is 0 Å². The Morgan fingerprint density at radius 1 is 1.30 bits per heavy atom. The fraction of sp³-hybridized carbons (Fsp3) is 0.200. The molecule has 2 rings (SSSR count). The minimum atomic E-state index is -0.0119. The minimum Gasteiger partial charge on any atom is -0.395 e. The Morgan fingerprint density at radius 3 is 2.85 bits per heavy atom. The molecule has 20 heavy (non-hydrogen) atoms. The maximum Gasteiger partial charge on any atom is 0.146 e. The third kappa shape index (κ3) is 3.47. The smallest absolute Gasteiger partial charge is 0.146 e. The zero-order valence-electron chi connectivity index (χ0n) is 10.8. The van der Waals surface area contributed by atoms with Gasteiger partial charge in [0, 0.05) is 24.3 Å². The van der Waals surface area contributed by atoms with E-state index in [1.807, 2.05) is 29.2 Å². The molecule has 2 aromatic rings. The Hall–Kier alpha value is -2.09. The van der Waals surface area contributed by atoms with Crippen LogP contribution in [0.3, 0.4) is 0 Å². The molecule has 0 atom stereocenters. The molecule has 0 aliphatic carbocycles. The highest BCUT2D eigenvalue weighted by Crippen LogP contribution is 2.20. The van der Waals surface area contributed by atoms with Gasteiger partial charge < -0.3 is 10.0 Å². The lowest BCUT2D eigenvalue weighted by molar-refractivity contribution is 0.301. The average molecular weight is 288 g/mol. The van der Waals surface area contributed by atoms with Crippen molar-refractivity contribution in [1.82, 2.24) is 4.98 Å². The summed E-state index contributed by atoms with van der Waals surface area (Å²) in [4.78, 5) is 6.11. The van der Waals surface area contributed by atoms with Crippen LogP contribution in [0, 0.1) is 11.3 Å². The monoisotopic (exact) mass is 287 g/mol. The first kappa shape index (κ1) is 14.3. The number of anilines is 1. The van der Waals surface area contributed by atoms with Gasteiger partial charge in [-0.15, -0.1) is 0 Å². The van der Waals surface area contributed by atoms with E-state index in [1.165, 1.54) is 0 Å². The molecule has 0 radical (unpaired) electrons. The van der Waals surface area contributed by atoms with Crippen LogP contribution >= 0.6 is 11.6 Å². The van der Waals surface area contributed by atoms with Crippen LogP contribution in [0.15, 0.2) is 42.6 Å². The summed E-state index contributed by atoms with van der Waals surface area (Å²) < 4.78 is 0. The molecule has 0 fully saturated rings. The quantitative estimate of drug-likeness (QED) is 0.918. The van der Waals surface area contributed by atoms with Gasteiger partial charge in [-0.1, -0.05) is 23.7 Å². The molecule has 1 aromatic carbocycles. The summed E-state index contributed by atoms with van der Waals surface area (Å²) in [7, 11) is 0. The second kappa shape index (κ2) is 6.90. The number of benzene rings is 1. The summed E-state index contributed by atoms with van der Waals surface area (Å²) in [6.45, 7) is 0.924. The number of aromatic nitrogens is 1. The third-order valence-electron chi connectivity index (χ3n) is 2.84. The molecule has 0 bridgehead atoms. The Labute approximate surface area is 122 Å². The summed E-state index contributed by atoms with van der Waals surface area (Å²) >= 11 is 5.97. The van der Waals surface area contributed by atoms with Crippen molar-refractivity contribution < 1.29 is 5.11 Å². The number of hydrogen-bond acceptors (Lipinski definition) is 4. The predicted molar refractivity (Wildman–Crippen MR) is 78.5 cm³/mol. The molecule has 5 heteroatoms. The second-order valence-electron chi connectivity index (χ2n) is 4.26. The molecule has 1 heterocycles. The van der Waals surface area contributed by atoms with Crippen molar-refractivity contribution in [3.63, 3.8) is 0 Å². The molecule has 1 aromatic heterocycles. The van der Waals surface area contributed by atoms with Crippen molar-refractivity contribution in [1.29, 1.82) is 5.26 Å². The van der Waals surface area contributed by atoms with Crippen LogP contribution in [0.5, 0.6) is 0 Å². The van der Waals surface area contributed by atoms with E-state index in [0.29, 0.717) is 29.5 Å². The van der Waals surface area contributed by atoms with E-state index >= 15 is 0 Å². The van der Waals surface area contributed by atoms with Crippen molar-refractivity contribution in [2.24, 2.45) is 0 Å². The minimum absolute atomic E-state index is 0.0119. The Bertz CT molecular complexity index is 625. The summed E-state index contributed by atoms with van der Waals surface area (Å²) in [5, 5.41) is 19.0. The van der Waals surface area contributed by atoms with Gasteiger partial charge in [-0.05, 0) is 29.8 Å². The van der Waals surface area contributed by atoms with Crippen molar-refractivity contribution in [3.05, 3.63) is 58.7 Å². The maximum absolute atomic E-state index is 9.22. The normalized spacial score (nSPS) is 10.1. The van der Waals surface area contributed by atoms with E-state index < -0.39 is 0 Å². The molecule has 4 nitrogen and oxygen atoms in total. The van der Waals surface area contributed by atoms with Gasteiger partial charge >= 0.3 is 0 Å². The highest BCUT2D eigenvalue weighted by atomic mass is 35.5. The molecule has 0 aliphatic rings. The molecule has 0 saturated heterocycles. The SMILES string of the molecule is N#Cc1cccnc1N(CCO)Cc1cccc(Cl)c1.